The monoisotopic (exact) mass is 399 g/mol. The van der Waals surface area contributed by atoms with E-state index in [9.17, 15) is 4.79 Å². The normalized spacial score (nSPS) is 16.3. The zero-order chi connectivity index (χ0) is 19.5. The maximum Gasteiger partial charge on any atom is 0.223 e. The van der Waals surface area contributed by atoms with Gasteiger partial charge in [-0.05, 0) is 66.4 Å². The van der Waals surface area contributed by atoms with Crippen LogP contribution in [0.3, 0.4) is 0 Å². The third-order valence-electron chi connectivity index (χ3n) is 5.06. The predicted octanol–water partition coefficient (Wildman–Crippen LogP) is 2.14. The molecule has 1 amide bonds. The number of aromatic nitrogens is 5. The van der Waals surface area contributed by atoms with Crippen molar-refractivity contribution in [3.05, 3.63) is 47.0 Å². The van der Waals surface area contributed by atoms with E-state index in [-0.39, 0.29) is 17.9 Å². The minimum atomic E-state index is 0.0230. The molecular weight excluding hydrogens is 378 g/mol. The molecule has 0 spiro atoms. The van der Waals surface area contributed by atoms with Crippen LogP contribution in [0.25, 0.3) is 5.65 Å². The summed E-state index contributed by atoms with van der Waals surface area (Å²) in [6, 6.07) is 11.6. The van der Waals surface area contributed by atoms with Gasteiger partial charge in [0.05, 0.1) is 0 Å². The molecule has 1 N–H and O–H groups in total. The van der Waals surface area contributed by atoms with Crippen LogP contribution in [0.2, 0.25) is 5.02 Å². The van der Waals surface area contributed by atoms with Crippen LogP contribution < -0.4 is 10.2 Å². The highest BCUT2D eigenvalue weighted by atomic mass is 35.5. The molecule has 1 unspecified atom stereocenters. The van der Waals surface area contributed by atoms with Crippen molar-refractivity contribution < 1.29 is 4.79 Å². The Hall–Kier alpha value is -2.74. The molecule has 0 bridgehead atoms. The SMILES string of the molecule is CC(Cc1cccc(Cl)c1)NC(=O)C1CCN(c2ccc3nnnn3n2)CC1. The predicted molar refractivity (Wildman–Crippen MR) is 106 cm³/mol. The molecule has 2 aromatic heterocycles. The van der Waals surface area contributed by atoms with Gasteiger partial charge < -0.3 is 10.2 Å². The second-order valence-electron chi connectivity index (χ2n) is 7.22. The first-order valence-electron chi connectivity index (χ1n) is 9.44. The van der Waals surface area contributed by atoms with Crippen molar-refractivity contribution in [1.82, 2.24) is 30.6 Å². The van der Waals surface area contributed by atoms with Crippen LogP contribution >= 0.6 is 11.6 Å². The summed E-state index contributed by atoms with van der Waals surface area (Å²) in [5, 5.41) is 19.6. The number of fused-ring (bicyclic) bond motifs is 1. The standard InChI is InChI=1S/C19H22ClN7O/c1-13(11-14-3-2-4-16(20)12-14)21-19(28)15-7-9-26(10-8-15)18-6-5-17-22-24-25-27(17)23-18/h2-6,12-13,15H,7-11H2,1H3,(H,21,28). The number of carbonyl (C=O) groups is 1. The highest BCUT2D eigenvalue weighted by Crippen LogP contribution is 2.22. The van der Waals surface area contributed by atoms with Gasteiger partial charge in [-0.15, -0.1) is 14.8 Å². The lowest BCUT2D eigenvalue weighted by molar-refractivity contribution is -0.126. The van der Waals surface area contributed by atoms with Gasteiger partial charge in [0.2, 0.25) is 5.91 Å². The summed E-state index contributed by atoms with van der Waals surface area (Å²) in [6.07, 6.45) is 2.36. The number of hydrogen-bond donors (Lipinski definition) is 1. The smallest absolute Gasteiger partial charge is 0.223 e. The first kappa shape index (κ1) is 18.6. The minimum absolute atomic E-state index is 0.0230. The molecule has 28 heavy (non-hydrogen) atoms. The minimum Gasteiger partial charge on any atom is -0.355 e. The maximum absolute atomic E-state index is 12.6. The van der Waals surface area contributed by atoms with E-state index >= 15 is 0 Å². The van der Waals surface area contributed by atoms with Gasteiger partial charge in [-0.3, -0.25) is 4.79 Å². The van der Waals surface area contributed by atoms with Gasteiger partial charge in [0.1, 0.15) is 0 Å². The fourth-order valence-corrected chi connectivity index (χ4v) is 3.82. The number of benzene rings is 1. The van der Waals surface area contributed by atoms with Crippen molar-refractivity contribution in [2.24, 2.45) is 5.92 Å². The number of amides is 1. The molecule has 4 rings (SSSR count). The highest BCUT2D eigenvalue weighted by molar-refractivity contribution is 6.30. The highest BCUT2D eigenvalue weighted by Gasteiger charge is 2.26. The van der Waals surface area contributed by atoms with Crippen LogP contribution in [0.4, 0.5) is 5.82 Å². The fourth-order valence-electron chi connectivity index (χ4n) is 3.61. The molecule has 146 valence electrons. The van der Waals surface area contributed by atoms with Crippen LogP contribution in [0, 0.1) is 5.92 Å². The fraction of sp³-hybridized carbons (Fsp3) is 0.421. The molecule has 8 nitrogen and oxygen atoms in total. The average Bonchev–Trinajstić information content (AvgIpc) is 3.16. The van der Waals surface area contributed by atoms with Crippen molar-refractivity contribution in [2.45, 2.75) is 32.2 Å². The van der Waals surface area contributed by atoms with Crippen molar-refractivity contribution in [3.63, 3.8) is 0 Å². The summed E-state index contributed by atoms with van der Waals surface area (Å²) in [5.74, 6) is 0.973. The van der Waals surface area contributed by atoms with Gasteiger partial charge in [-0.2, -0.15) is 0 Å². The molecule has 3 aromatic rings. The molecule has 0 radical (unpaired) electrons. The Labute approximate surface area is 167 Å². The van der Waals surface area contributed by atoms with Crippen LogP contribution in [0.15, 0.2) is 36.4 Å². The molecule has 0 aliphatic carbocycles. The summed E-state index contributed by atoms with van der Waals surface area (Å²) < 4.78 is 1.42. The lowest BCUT2D eigenvalue weighted by Crippen LogP contribution is -2.44. The topological polar surface area (TPSA) is 88.3 Å². The number of nitrogens with one attached hydrogen (secondary N) is 1. The van der Waals surface area contributed by atoms with Crippen LogP contribution in [-0.4, -0.2) is 50.3 Å². The number of rotatable bonds is 5. The van der Waals surface area contributed by atoms with Gasteiger partial charge in [0, 0.05) is 30.1 Å². The summed E-state index contributed by atoms with van der Waals surface area (Å²) >= 11 is 6.04. The third kappa shape index (κ3) is 4.22. The molecule has 0 saturated carbocycles. The molecule has 1 aliphatic heterocycles. The largest absolute Gasteiger partial charge is 0.355 e. The Morgan fingerprint density at radius 2 is 2.11 bits per heavy atom. The first-order valence-corrected chi connectivity index (χ1v) is 9.81. The van der Waals surface area contributed by atoms with E-state index in [2.05, 4.69) is 30.8 Å². The van der Waals surface area contributed by atoms with Gasteiger partial charge in [0.15, 0.2) is 11.5 Å². The average molecular weight is 400 g/mol. The molecule has 3 heterocycles. The molecule has 1 atom stereocenters. The van der Waals surface area contributed by atoms with Crippen molar-refractivity contribution in [2.75, 3.05) is 18.0 Å². The number of anilines is 1. The Bertz CT molecular complexity index is 968. The van der Waals surface area contributed by atoms with E-state index in [0.717, 1.165) is 48.8 Å². The zero-order valence-electron chi connectivity index (χ0n) is 15.6. The Balaban J connectivity index is 1.29. The molecule has 1 fully saturated rings. The van der Waals surface area contributed by atoms with Gasteiger partial charge in [0.25, 0.3) is 0 Å². The Morgan fingerprint density at radius 3 is 2.89 bits per heavy atom. The second kappa shape index (κ2) is 8.10. The van der Waals surface area contributed by atoms with Gasteiger partial charge >= 0.3 is 0 Å². The summed E-state index contributed by atoms with van der Waals surface area (Å²) in [6.45, 7) is 3.59. The van der Waals surface area contributed by atoms with Crippen molar-refractivity contribution >= 4 is 29.0 Å². The van der Waals surface area contributed by atoms with Crippen molar-refractivity contribution in [3.8, 4) is 0 Å². The number of piperidine rings is 1. The van der Waals surface area contributed by atoms with Gasteiger partial charge in [-0.1, -0.05) is 23.7 Å². The quantitative estimate of drug-likeness (QED) is 0.707. The number of halogens is 1. The second-order valence-corrected chi connectivity index (χ2v) is 7.66. The zero-order valence-corrected chi connectivity index (χ0v) is 16.4. The van der Waals surface area contributed by atoms with E-state index < -0.39 is 0 Å². The van der Waals surface area contributed by atoms with Crippen LogP contribution in [0.1, 0.15) is 25.3 Å². The number of tetrazole rings is 1. The van der Waals surface area contributed by atoms with E-state index in [4.69, 9.17) is 11.6 Å². The van der Waals surface area contributed by atoms with Gasteiger partial charge in [-0.25, -0.2) is 0 Å². The number of nitrogens with zero attached hydrogens (tertiary/aromatic N) is 6. The number of hydrogen-bond acceptors (Lipinski definition) is 6. The third-order valence-corrected chi connectivity index (χ3v) is 5.30. The van der Waals surface area contributed by atoms with E-state index in [1.54, 1.807) is 0 Å². The lowest BCUT2D eigenvalue weighted by atomic mass is 9.95. The van der Waals surface area contributed by atoms with Crippen LogP contribution in [-0.2, 0) is 11.2 Å². The van der Waals surface area contributed by atoms with E-state index in [1.807, 2.05) is 43.3 Å². The van der Waals surface area contributed by atoms with Crippen LogP contribution in [0.5, 0.6) is 0 Å². The van der Waals surface area contributed by atoms with Crippen molar-refractivity contribution in [1.29, 1.82) is 0 Å². The summed E-state index contributed by atoms with van der Waals surface area (Å²) in [7, 11) is 0. The molecule has 1 aromatic carbocycles. The van der Waals surface area contributed by atoms with E-state index in [0.29, 0.717) is 5.65 Å². The molecule has 1 aliphatic rings. The lowest BCUT2D eigenvalue weighted by Gasteiger charge is -2.32. The molecule has 1 saturated heterocycles. The van der Waals surface area contributed by atoms with E-state index in [1.165, 1.54) is 4.63 Å². The molecular formula is C19H22ClN7O. The Morgan fingerprint density at radius 1 is 1.29 bits per heavy atom. The summed E-state index contributed by atoms with van der Waals surface area (Å²) in [5.41, 5.74) is 1.74. The first-order chi connectivity index (χ1) is 13.6. The maximum atomic E-state index is 12.6. The number of carbonyl (C=O) groups excluding carboxylic acids is 1. The molecule has 9 heteroatoms. The summed E-state index contributed by atoms with van der Waals surface area (Å²) in [4.78, 5) is 14.8. The Kier molecular flexibility index (Phi) is 5.38.